The average molecular weight is 340 g/mol. The molecule has 3 aromatic rings. The number of hydrogen-bond acceptors (Lipinski definition) is 5. The number of amides is 2. The van der Waals surface area contributed by atoms with Crippen LogP contribution in [0.5, 0.6) is 0 Å². The minimum Gasteiger partial charge on any atom is -0.334 e. The Morgan fingerprint density at radius 3 is 2.84 bits per heavy atom. The summed E-state index contributed by atoms with van der Waals surface area (Å²) >= 11 is 0. The van der Waals surface area contributed by atoms with Crippen molar-refractivity contribution < 1.29 is 9.32 Å². The molecule has 0 radical (unpaired) electrons. The first-order valence-corrected chi connectivity index (χ1v) is 8.11. The minimum absolute atomic E-state index is 0.168. The van der Waals surface area contributed by atoms with Gasteiger partial charge in [0.1, 0.15) is 5.82 Å². The number of aromatic nitrogens is 4. The molecule has 2 aromatic heterocycles. The number of rotatable bonds is 6. The molecule has 0 aliphatic rings. The number of carbonyl (C=O) groups excluding carboxylic acids is 1. The normalized spacial score (nSPS) is 10.6. The van der Waals surface area contributed by atoms with E-state index >= 15 is 0 Å². The van der Waals surface area contributed by atoms with Crippen LogP contribution in [-0.4, -0.2) is 26.0 Å². The van der Waals surface area contributed by atoms with Gasteiger partial charge in [-0.1, -0.05) is 36.7 Å². The number of nitrogens with one attached hydrogen (secondary N) is 2. The lowest BCUT2D eigenvalue weighted by Gasteiger charge is -2.05. The number of urea groups is 1. The van der Waals surface area contributed by atoms with Gasteiger partial charge in [-0.15, -0.1) is 0 Å². The van der Waals surface area contributed by atoms with Gasteiger partial charge >= 0.3 is 6.03 Å². The Kier molecular flexibility index (Phi) is 5.08. The SMILES string of the molecule is CCCc1cc(NC(=O)NCc2noc(-c3ccccc3)n2)n(C)n1. The van der Waals surface area contributed by atoms with E-state index in [1.54, 1.807) is 11.7 Å². The summed E-state index contributed by atoms with van der Waals surface area (Å²) in [6, 6.07) is 11.0. The monoisotopic (exact) mass is 340 g/mol. The van der Waals surface area contributed by atoms with Crippen LogP contribution in [0.3, 0.4) is 0 Å². The predicted molar refractivity (Wildman–Crippen MR) is 92.8 cm³/mol. The fourth-order valence-electron chi connectivity index (χ4n) is 2.37. The number of anilines is 1. The van der Waals surface area contributed by atoms with Crippen LogP contribution in [0.2, 0.25) is 0 Å². The van der Waals surface area contributed by atoms with E-state index in [0.717, 1.165) is 24.1 Å². The Morgan fingerprint density at radius 1 is 1.28 bits per heavy atom. The van der Waals surface area contributed by atoms with Gasteiger partial charge in [0.15, 0.2) is 5.82 Å². The maximum Gasteiger partial charge on any atom is 0.320 e. The number of benzene rings is 1. The largest absolute Gasteiger partial charge is 0.334 e. The van der Waals surface area contributed by atoms with Gasteiger partial charge in [-0.2, -0.15) is 10.1 Å². The standard InChI is InChI=1S/C17H20N6O2/c1-3-7-13-10-15(23(2)21-13)20-17(24)18-11-14-19-16(25-22-14)12-8-5-4-6-9-12/h4-6,8-10H,3,7,11H2,1-2H3,(H2,18,20,24). The first-order chi connectivity index (χ1) is 12.2. The summed E-state index contributed by atoms with van der Waals surface area (Å²) in [5.41, 5.74) is 1.79. The minimum atomic E-state index is -0.350. The third kappa shape index (κ3) is 4.23. The highest BCUT2D eigenvalue weighted by Crippen LogP contribution is 2.16. The van der Waals surface area contributed by atoms with Crippen molar-refractivity contribution in [2.75, 3.05) is 5.32 Å². The molecule has 2 N–H and O–H groups in total. The van der Waals surface area contributed by atoms with Gasteiger partial charge in [0.05, 0.1) is 12.2 Å². The fraction of sp³-hybridized carbons (Fsp3) is 0.294. The molecule has 8 heteroatoms. The van der Waals surface area contributed by atoms with E-state index in [9.17, 15) is 4.79 Å². The lowest BCUT2D eigenvalue weighted by Crippen LogP contribution is -2.29. The van der Waals surface area contributed by atoms with Crippen molar-refractivity contribution in [2.24, 2.45) is 7.05 Å². The summed E-state index contributed by atoms with van der Waals surface area (Å²) in [5.74, 6) is 1.47. The molecule has 3 rings (SSSR count). The topological polar surface area (TPSA) is 97.9 Å². The average Bonchev–Trinajstić information content (AvgIpc) is 3.21. The molecule has 0 aliphatic carbocycles. The highest BCUT2D eigenvalue weighted by molar-refractivity contribution is 5.88. The molecule has 0 saturated carbocycles. The molecular formula is C17H20N6O2. The van der Waals surface area contributed by atoms with Crippen molar-refractivity contribution in [3.8, 4) is 11.5 Å². The van der Waals surface area contributed by atoms with Gasteiger partial charge in [-0.05, 0) is 18.6 Å². The maximum atomic E-state index is 12.0. The van der Waals surface area contributed by atoms with Gasteiger partial charge in [0, 0.05) is 18.7 Å². The summed E-state index contributed by atoms with van der Waals surface area (Å²) in [7, 11) is 1.79. The predicted octanol–water partition coefficient (Wildman–Crippen LogP) is 2.74. The number of carbonyl (C=O) groups is 1. The molecule has 0 aliphatic heterocycles. The van der Waals surface area contributed by atoms with Gasteiger partial charge in [0.25, 0.3) is 5.89 Å². The summed E-state index contributed by atoms with van der Waals surface area (Å²) < 4.78 is 6.85. The lowest BCUT2D eigenvalue weighted by molar-refractivity contribution is 0.251. The van der Waals surface area contributed by atoms with E-state index < -0.39 is 0 Å². The zero-order valence-electron chi connectivity index (χ0n) is 14.2. The summed E-state index contributed by atoms with van der Waals surface area (Å²) in [5, 5.41) is 13.7. The van der Waals surface area contributed by atoms with Crippen LogP contribution in [-0.2, 0) is 20.0 Å². The van der Waals surface area contributed by atoms with Crippen molar-refractivity contribution in [3.63, 3.8) is 0 Å². The number of nitrogens with zero attached hydrogens (tertiary/aromatic N) is 4. The Labute approximate surface area is 145 Å². The van der Waals surface area contributed by atoms with E-state index in [2.05, 4.69) is 32.8 Å². The van der Waals surface area contributed by atoms with Gasteiger partial charge in [-0.3, -0.25) is 10.00 Å². The summed E-state index contributed by atoms with van der Waals surface area (Å²) in [6.45, 7) is 2.25. The smallest absolute Gasteiger partial charge is 0.320 e. The quantitative estimate of drug-likeness (QED) is 0.719. The molecule has 2 amide bonds. The highest BCUT2D eigenvalue weighted by Gasteiger charge is 2.11. The molecule has 0 fully saturated rings. The molecule has 0 atom stereocenters. The van der Waals surface area contributed by atoms with Crippen LogP contribution >= 0.6 is 0 Å². The zero-order valence-corrected chi connectivity index (χ0v) is 14.2. The van der Waals surface area contributed by atoms with Crippen molar-refractivity contribution in [3.05, 3.63) is 47.9 Å². The summed E-state index contributed by atoms with van der Waals surface area (Å²) in [4.78, 5) is 16.3. The second-order valence-electron chi connectivity index (χ2n) is 5.58. The van der Waals surface area contributed by atoms with Gasteiger partial charge in [0.2, 0.25) is 0 Å². The van der Waals surface area contributed by atoms with Crippen LogP contribution in [0.25, 0.3) is 11.5 Å². The number of aryl methyl sites for hydroxylation is 2. The van der Waals surface area contributed by atoms with Crippen molar-refractivity contribution in [1.82, 2.24) is 25.2 Å². The van der Waals surface area contributed by atoms with Crippen LogP contribution in [0.4, 0.5) is 10.6 Å². The first kappa shape index (κ1) is 16.7. The van der Waals surface area contributed by atoms with E-state index in [4.69, 9.17) is 4.52 Å². The third-order valence-electron chi connectivity index (χ3n) is 3.57. The third-order valence-corrected chi connectivity index (χ3v) is 3.57. The summed E-state index contributed by atoms with van der Waals surface area (Å²) in [6.07, 6.45) is 1.88. The Balaban J connectivity index is 1.55. The molecular weight excluding hydrogens is 320 g/mol. The van der Waals surface area contributed by atoms with E-state index in [0.29, 0.717) is 17.5 Å². The Hall–Kier alpha value is -3.16. The zero-order chi connectivity index (χ0) is 17.6. The second-order valence-corrected chi connectivity index (χ2v) is 5.58. The van der Waals surface area contributed by atoms with Crippen molar-refractivity contribution >= 4 is 11.8 Å². The fourth-order valence-corrected chi connectivity index (χ4v) is 2.37. The molecule has 1 aromatic carbocycles. The molecule has 8 nitrogen and oxygen atoms in total. The van der Waals surface area contributed by atoms with E-state index in [-0.39, 0.29) is 12.6 Å². The van der Waals surface area contributed by atoms with E-state index in [1.807, 2.05) is 36.4 Å². The molecule has 0 unspecified atom stereocenters. The highest BCUT2D eigenvalue weighted by atomic mass is 16.5. The molecule has 0 bridgehead atoms. The molecule has 0 spiro atoms. The molecule has 130 valence electrons. The van der Waals surface area contributed by atoms with Crippen LogP contribution in [0, 0.1) is 0 Å². The first-order valence-electron chi connectivity index (χ1n) is 8.11. The maximum absolute atomic E-state index is 12.0. The van der Waals surface area contributed by atoms with Crippen LogP contribution in [0.15, 0.2) is 40.9 Å². The molecule has 25 heavy (non-hydrogen) atoms. The Morgan fingerprint density at radius 2 is 2.08 bits per heavy atom. The molecule has 0 saturated heterocycles. The number of hydrogen-bond donors (Lipinski definition) is 2. The van der Waals surface area contributed by atoms with Gasteiger partial charge in [-0.25, -0.2) is 4.79 Å². The van der Waals surface area contributed by atoms with Gasteiger partial charge < -0.3 is 9.84 Å². The molecule has 2 heterocycles. The van der Waals surface area contributed by atoms with E-state index in [1.165, 1.54) is 0 Å². The lowest BCUT2D eigenvalue weighted by atomic mass is 10.2. The van der Waals surface area contributed by atoms with Crippen LogP contribution in [0.1, 0.15) is 24.9 Å². The Bertz CT molecular complexity index is 840. The van der Waals surface area contributed by atoms with Crippen LogP contribution < -0.4 is 10.6 Å². The van der Waals surface area contributed by atoms with Crippen molar-refractivity contribution in [2.45, 2.75) is 26.3 Å². The second kappa shape index (κ2) is 7.61. The van der Waals surface area contributed by atoms with Crippen molar-refractivity contribution in [1.29, 1.82) is 0 Å².